The third kappa shape index (κ3) is 4.19. The lowest BCUT2D eigenvalue weighted by Crippen LogP contribution is -2.44. The third-order valence-electron chi connectivity index (χ3n) is 5.32. The van der Waals surface area contributed by atoms with E-state index in [0.717, 1.165) is 11.3 Å². The van der Waals surface area contributed by atoms with Crippen LogP contribution in [-0.2, 0) is 9.59 Å². The Hall–Kier alpha value is -2.05. The minimum absolute atomic E-state index is 0.0718. The van der Waals surface area contributed by atoms with Gasteiger partial charge in [0.15, 0.2) is 0 Å². The Morgan fingerprint density at radius 2 is 1.88 bits per heavy atom. The largest absolute Gasteiger partial charge is 0.391 e. The second kappa shape index (κ2) is 7.29. The summed E-state index contributed by atoms with van der Waals surface area (Å²) < 4.78 is 38.7. The number of aryl methyl sites for hydroxylation is 1. The topological polar surface area (TPSA) is 49.4 Å². The second-order valence-electron chi connectivity index (χ2n) is 7.35. The quantitative estimate of drug-likeness (QED) is 0.887. The van der Waals surface area contributed by atoms with Crippen LogP contribution in [0.3, 0.4) is 0 Å². The maximum Gasteiger partial charge on any atom is 0.391 e. The number of anilines is 1. The number of hydrogen-bond donors (Lipinski definition) is 1. The van der Waals surface area contributed by atoms with Crippen molar-refractivity contribution in [3.8, 4) is 0 Å². The van der Waals surface area contributed by atoms with Crippen molar-refractivity contribution in [1.82, 2.24) is 5.32 Å². The first-order chi connectivity index (χ1) is 12.2. The molecule has 1 aliphatic heterocycles. The molecule has 0 aromatic heterocycles. The summed E-state index contributed by atoms with van der Waals surface area (Å²) in [5.41, 5.74) is 1.82. The zero-order chi connectivity index (χ0) is 18.9. The van der Waals surface area contributed by atoms with E-state index >= 15 is 0 Å². The SMILES string of the molecule is Cc1ccc(N2CC(C(=O)NC3CCCC(C(F)(F)F)C3)CC2=O)cc1. The summed E-state index contributed by atoms with van der Waals surface area (Å²) in [5.74, 6) is -2.32. The molecular weight excluding hydrogens is 345 g/mol. The summed E-state index contributed by atoms with van der Waals surface area (Å²) in [5, 5.41) is 2.75. The monoisotopic (exact) mass is 368 g/mol. The van der Waals surface area contributed by atoms with Gasteiger partial charge in [0.25, 0.3) is 0 Å². The van der Waals surface area contributed by atoms with Crippen molar-refractivity contribution < 1.29 is 22.8 Å². The van der Waals surface area contributed by atoms with Gasteiger partial charge < -0.3 is 10.2 Å². The van der Waals surface area contributed by atoms with Gasteiger partial charge in [-0.25, -0.2) is 0 Å². The molecule has 1 aromatic rings. The molecule has 0 spiro atoms. The van der Waals surface area contributed by atoms with Gasteiger partial charge in [-0.2, -0.15) is 13.2 Å². The summed E-state index contributed by atoms with van der Waals surface area (Å²) in [6, 6.07) is 7.00. The highest BCUT2D eigenvalue weighted by Crippen LogP contribution is 2.37. The van der Waals surface area contributed by atoms with E-state index in [1.807, 2.05) is 31.2 Å². The second-order valence-corrected chi connectivity index (χ2v) is 7.35. The van der Waals surface area contributed by atoms with Crippen LogP contribution >= 0.6 is 0 Å². The predicted molar refractivity (Wildman–Crippen MR) is 91.6 cm³/mol. The van der Waals surface area contributed by atoms with E-state index < -0.39 is 24.1 Å². The summed E-state index contributed by atoms with van der Waals surface area (Å²) in [6.07, 6.45) is -3.06. The number of carbonyl (C=O) groups excluding carboxylic acids is 2. The van der Waals surface area contributed by atoms with Gasteiger partial charge in [0.1, 0.15) is 0 Å². The number of benzene rings is 1. The van der Waals surface area contributed by atoms with Crippen LogP contribution in [-0.4, -0.2) is 30.6 Å². The van der Waals surface area contributed by atoms with Gasteiger partial charge in [0.2, 0.25) is 11.8 Å². The van der Waals surface area contributed by atoms with E-state index in [-0.39, 0.29) is 37.6 Å². The van der Waals surface area contributed by atoms with Crippen molar-refractivity contribution in [1.29, 1.82) is 0 Å². The molecular formula is C19H23F3N2O2. The molecule has 3 unspecified atom stereocenters. The highest BCUT2D eigenvalue weighted by atomic mass is 19.4. The van der Waals surface area contributed by atoms with E-state index in [0.29, 0.717) is 12.8 Å². The highest BCUT2D eigenvalue weighted by molar-refractivity contribution is 6.00. The number of nitrogens with zero attached hydrogens (tertiary/aromatic N) is 1. The fourth-order valence-electron chi connectivity index (χ4n) is 3.79. The molecule has 2 amide bonds. The van der Waals surface area contributed by atoms with E-state index in [1.54, 1.807) is 4.90 Å². The first-order valence-corrected chi connectivity index (χ1v) is 8.98. The molecule has 26 heavy (non-hydrogen) atoms. The summed E-state index contributed by atoms with van der Waals surface area (Å²) in [4.78, 5) is 26.3. The van der Waals surface area contributed by atoms with Crippen molar-refractivity contribution in [2.45, 2.75) is 51.2 Å². The molecule has 2 fully saturated rings. The number of nitrogens with one attached hydrogen (secondary N) is 1. The molecule has 4 nitrogen and oxygen atoms in total. The Morgan fingerprint density at radius 1 is 1.19 bits per heavy atom. The van der Waals surface area contributed by atoms with Gasteiger partial charge >= 0.3 is 6.18 Å². The molecule has 0 radical (unpaired) electrons. The molecule has 2 aliphatic rings. The Morgan fingerprint density at radius 3 is 2.54 bits per heavy atom. The molecule has 1 N–H and O–H groups in total. The Kier molecular flexibility index (Phi) is 5.25. The molecule has 142 valence electrons. The molecule has 0 bridgehead atoms. The first kappa shape index (κ1) is 18.7. The van der Waals surface area contributed by atoms with Crippen LogP contribution in [0.5, 0.6) is 0 Å². The molecule has 1 aromatic carbocycles. The Balaban J connectivity index is 1.59. The number of rotatable bonds is 3. The first-order valence-electron chi connectivity index (χ1n) is 8.98. The number of hydrogen-bond acceptors (Lipinski definition) is 2. The van der Waals surface area contributed by atoms with Gasteiger partial charge in [-0.3, -0.25) is 9.59 Å². The van der Waals surface area contributed by atoms with E-state index in [4.69, 9.17) is 0 Å². The standard InChI is InChI=1S/C19H23F3N2O2/c1-12-5-7-16(8-6-12)24-11-13(9-17(24)25)18(26)23-15-4-2-3-14(10-15)19(20,21)22/h5-8,13-15H,2-4,9-11H2,1H3,(H,23,26). The lowest BCUT2D eigenvalue weighted by atomic mass is 9.85. The molecule has 3 atom stereocenters. The van der Waals surface area contributed by atoms with Gasteiger partial charge in [-0.15, -0.1) is 0 Å². The molecule has 1 saturated carbocycles. The number of carbonyl (C=O) groups is 2. The zero-order valence-electron chi connectivity index (χ0n) is 14.7. The van der Waals surface area contributed by atoms with E-state index in [9.17, 15) is 22.8 Å². The third-order valence-corrected chi connectivity index (χ3v) is 5.32. The van der Waals surface area contributed by atoms with Gasteiger partial charge in [0.05, 0.1) is 11.8 Å². The number of amides is 2. The van der Waals surface area contributed by atoms with Crippen molar-refractivity contribution in [3.05, 3.63) is 29.8 Å². The maximum atomic E-state index is 12.9. The Bertz CT molecular complexity index is 672. The van der Waals surface area contributed by atoms with Crippen molar-refractivity contribution in [2.75, 3.05) is 11.4 Å². The molecule has 3 rings (SSSR count). The van der Waals surface area contributed by atoms with Crippen LogP contribution in [0.2, 0.25) is 0 Å². The minimum Gasteiger partial charge on any atom is -0.353 e. The summed E-state index contributed by atoms with van der Waals surface area (Å²) in [6.45, 7) is 2.22. The number of alkyl halides is 3. The predicted octanol–water partition coefficient (Wildman–Crippen LogP) is 3.59. The van der Waals surface area contributed by atoms with Gasteiger partial charge in [-0.05, 0) is 38.3 Å². The lowest BCUT2D eigenvalue weighted by molar-refractivity contribution is -0.184. The van der Waals surface area contributed by atoms with Crippen LogP contribution in [0.1, 0.15) is 37.7 Å². The Labute approximate surface area is 150 Å². The van der Waals surface area contributed by atoms with Crippen LogP contribution in [0.25, 0.3) is 0 Å². The van der Waals surface area contributed by atoms with Gasteiger partial charge in [-0.1, -0.05) is 24.1 Å². The van der Waals surface area contributed by atoms with Crippen LogP contribution < -0.4 is 10.2 Å². The average Bonchev–Trinajstić information content (AvgIpc) is 2.97. The fourth-order valence-corrected chi connectivity index (χ4v) is 3.79. The van der Waals surface area contributed by atoms with Crippen LogP contribution in [0.4, 0.5) is 18.9 Å². The number of halogens is 3. The van der Waals surface area contributed by atoms with Crippen LogP contribution in [0, 0.1) is 18.8 Å². The van der Waals surface area contributed by atoms with Gasteiger partial charge in [0, 0.05) is 24.7 Å². The maximum absolute atomic E-state index is 12.9. The van der Waals surface area contributed by atoms with Crippen molar-refractivity contribution >= 4 is 17.5 Å². The summed E-state index contributed by atoms with van der Waals surface area (Å²) >= 11 is 0. The lowest BCUT2D eigenvalue weighted by Gasteiger charge is -2.31. The highest BCUT2D eigenvalue weighted by Gasteiger charge is 2.43. The molecule has 1 saturated heterocycles. The average molecular weight is 368 g/mol. The van der Waals surface area contributed by atoms with Crippen molar-refractivity contribution in [2.24, 2.45) is 11.8 Å². The fraction of sp³-hybridized carbons (Fsp3) is 0.579. The van der Waals surface area contributed by atoms with E-state index in [1.165, 1.54) is 0 Å². The van der Waals surface area contributed by atoms with Crippen LogP contribution in [0.15, 0.2) is 24.3 Å². The molecule has 1 heterocycles. The van der Waals surface area contributed by atoms with E-state index in [2.05, 4.69) is 5.32 Å². The minimum atomic E-state index is -4.21. The smallest absolute Gasteiger partial charge is 0.353 e. The van der Waals surface area contributed by atoms with Crippen molar-refractivity contribution in [3.63, 3.8) is 0 Å². The summed E-state index contributed by atoms with van der Waals surface area (Å²) in [7, 11) is 0. The molecule has 1 aliphatic carbocycles. The molecule has 7 heteroatoms. The normalized spacial score (nSPS) is 26.8. The zero-order valence-corrected chi connectivity index (χ0v) is 14.7.